The third kappa shape index (κ3) is 2.83. The summed E-state index contributed by atoms with van der Waals surface area (Å²) in [6.07, 6.45) is 2.53. The minimum Gasteiger partial charge on any atom is -0.481 e. The van der Waals surface area contributed by atoms with E-state index in [0.29, 0.717) is 12.5 Å². The summed E-state index contributed by atoms with van der Waals surface area (Å²) in [6, 6.07) is 2.00. The van der Waals surface area contributed by atoms with Gasteiger partial charge in [-0.1, -0.05) is 6.92 Å². The van der Waals surface area contributed by atoms with Crippen LogP contribution in [0.1, 0.15) is 18.9 Å². The predicted molar refractivity (Wildman–Crippen MR) is 73.8 cm³/mol. The highest BCUT2D eigenvalue weighted by Gasteiger charge is 2.30. The van der Waals surface area contributed by atoms with Gasteiger partial charge in [0, 0.05) is 23.8 Å². The second-order valence-electron chi connectivity index (χ2n) is 5.07. The van der Waals surface area contributed by atoms with E-state index in [4.69, 9.17) is 5.11 Å². The topological polar surface area (TPSA) is 53.4 Å². The average molecular weight is 313 g/mol. The van der Waals surface area contributed by atoms with Gasteiger partial charge >= 0.3 is 5.97 Å². The molecule has 0 aromatic carbocycles. The van der Waals surface area contributed by atoms with Crippen molar-refractivity contribution in [2.75, 3.05) is 18.0 Å². The largest absolute Gasteiger partial charge is 0.481 e. The Kier molecular flexibility index (Phi) is 3.90. The lowest BCUT2D eigenvalue weighted by molar-refractivity contribution is -0.142. The van der Waals surface area contributed by atoms with Gasteiger partial charge in [0.15, 0.2) is 0 Å². The number of aromatic nitrogens is 1. The van der Waals surface area contributed by atoms with Crippen molar-refractivity contribution in [1.82, 2.24) is 4.98 Å². The van der Waals surface area contributed by atoms with Crippen molar-refractivity contribution in [1.29, 1.82) is 0 Å². The number of hydrogen-bond donors (Lipinski definition) is 1. The molecule has 98 valence electrons. The lowest BCUT2D eigenvalue weighted by atomic mass is 9.90. The zero-order chi connectivity index (χ0) is 13.3. The number of halogens is 1. The van der Waals surface area contributed by atoms with Gasteiger partial charge in [-0.05, 0) is 46.8 Å². The van der Waals surface area contributed by atoms with Crippen LogP contribution in [0.15, 0.2) is 16.7 Å². The Balaban J connectivity index is 2.21. The van der Waals surface area contributed by atoms with E-state index in [1.807, 2.05) is 13.0 Å². The first-order valence-electron chi connectivity index (χ1n) is 6.07. The first-order valence-corrected chi connectivity index (χ1v) is 6.86. The zero-order valence-electron chi connectivity index (χ0n) is 10.6. The molecule has 1 aromatic rings. The Morgan fingerprint density at radius 3 is 2.89 bits per heavy atom. The molecule has 1 aromatic heterocycles. The Hall–Kier alpha value is -1.10. The molecule has 0 bridgehead atoms. The summed E-state index contributed by atoms with van der Waals surface area (Å²) in [5.74, 6) is 0.249. The molecule has 1 aliphatic heterocycles. The quantitative estimate of drug-likeness (QED) is 0.912. The van der Waals surface area contributed by atoms with Crippen LogP contribution in [-0.4, -0.2) is 29.1 Å². The molecule has 0 amide bonds. The number of nitrogens with zero attached hydrogens (tertiary/aromatic N) is 2. The fourth-order valence-electron chi connectivity index (χ4n) is 2.41. The Bertz CT molecular complexity index is 464. The summed E-state index contributed by atoms with van der Waals surface area (Å²) in [7, 11) is 0. The maximum absolute atomic E-state index is 11.1. The van der Waals surface area contributed by atoms with Gasteiger partial charge < -0.3 is 10.0 Å². The number of rotatable bonds is 2. The summed E-state index contributed by atoms with van der Waals surface area (Å²) in [4.78, 5) is 17.6. The molecule has 5 heteroatoms. The molecule has 0 spiro atoms. The molecule has 2 atom stereocenters. The summed E-state index contributed by atoms with van der Waals surface area (Å²) in [6.45, 7) is 5.52. The smallest absolute Gasteiger partial charge is 0.308 e. The van der Waals surface area contributed by atoms with Gasteiger partial charge in [-0.2, -0.15) is 0 Å². The second kappa shape index (κ2) is 5.26. The molecule has 18 heavy (non-hydrogen) atoms. The van der Waals surface area contributed by atoms with Gasteiger partial charge in [0.05, 0.1) is 5.92 Å². The molecule has 0 saturated carbocycles. The summed E-state index contributed by atoms with van der Waals surface area (Å²) in [5, 5.41) is 9.16. The van der Waals surface area contributed by atoms with Crippen molar-refractivity contribution in [3.8, 4) is 0 Å². The highest BCUT2D eigenvalue weighted by molar-refractivity contribution is 9.10. The van der Waals surface area contributed by atoms with Gasteiger partial charge in [0.25, 0.3) is 0 Å². The zero-order valence-corrected chi connectivity index (χ0v) is 12.1. The number of anilines is 1. The average Bonchev–Trinajstić information content (AvgIpc) is 2.31. The number of pyridine rings is 1. The van der Waals surface area contributed by atoms with Crippen molar-refractivity contribution in [3.05, 3.63) is 22.3 Å². The molecule has 4 nitrogen and oxygen atoms in total. The molecule has 2 unspecified atom stereocenters. The van der Waals surface area contributed by atoms with Gasteiger partial charge in [-0.3, -0.25) is 4.79 Å². The minimum absolute atomic E-state index is 0.292. The minimum atomic E-state index is -0.708. The summed E-state index contributed by atoms with van der Waals surface area (Å²) < 4.78 is 0.978. The number of carbonyl (C=O) groups is 1. The predicted octanol–water partition coefficient (Wildman–Crippen LogP) is 2.70. The lowest BCUT2D eigenvalue weighted by Gasteiger charge is -2.35. The first-order chi connectivity index (χ1) is 8.47. The van der Waals surface area contributed by atoms with E-state index < -0.39 is 5.97 Å². The Morgan fingerprint density at radius 1 is 1.56 bits per heavy atom. The SMILES string of the molecule is Cc1cc(N2CC(C)CC(C(=O)O)C2)ncc1Br. The van der Waals surface area contributed by atoms with Crippen LogP contribution in [-0.2, 0) is 4.79 Å². The Morgan fingerprint density at radius 2 is 2.28 bits per heavy atom. The Labute approximate surface area is 115 Å². The van der Waals surface area contributed by atoms with Crippen molar-refractivity contribution in [2.45, 2.75) is 20.3 Å². The van der Waals surface area contributed by atoms with Crippen molar-refractivity contribution in [3.63, 3.8) is 0 Å². The molecular formula is C13H17BrN2O2. The third-order valence-electron chi connectivity index (χ3n) is 3.37. The van der Waals surface area contributed by atoms with E-state index in [2.05, 4.69) is 32.7 Å². The fraction of sp³-hybridized carbons (Fsp3) is 0.538. The maximum atomic E-state index is 11.1. The number of piperidine rings is 1. The van der Waals surface area contributed by atoms with Crippen LogP contribution in [0, 0.1) is 18.8 Å². The van der Waals surface area contributed by atoms with Crippen LogP contribution in [0.4, 0.5) is 5.82 Å². The first kappa shape index (κ1) is 13.3. The number of hydrogen-bond acceptors (Lipinski definition) is 3. The van der Waals surface area contributed by atoms with Crippen LogP contribution in [0.3, 0.4) is 0 Å². The molecular weight excluding hydrogens is 296 g/mol. The van der Waals surface area contributed by atoms with Crippen LogP contribution in [0.5, 0.6) is 0 Å². The number of aliphatic carboxylic acids is 1. The highest BCUT2D eigenvalue weighted by Crippen LogP contribution is 2.27. The number of carboxylic acids is 1. The van der Waals surface area contributed by atoms with Gasteiger partial charge in [0.2, 0.25) is 0 Å². The van der Waals surface area contributed by atoms with Crippen LogP contribution < -0.4 is 4.90 Å². The van der Waals surface area contributed by atoms with E-state index in [1.54, 1.807) is 6.20 Å². The molecule has 1 N–H and O–H groups in total. The molecule has 0 aliphatic carbocycles. The normalized spacial score (nSPS) is 24.1. The summed E-state index contributed by atoms with van der Waals surface area (Å²) in [5.41, 5.74) is 1.12. The number of aryl methyl sites for hydroxylation is 1. The molecule has 1 fully saturated rings. The van der Waals surface area contributed by atoms with Gasteiger partial charge in [-0.25, -0.2) is 4.98 Å². The van der Waals surface area contributed by atoms with Crippen molar-refractivity contribution >= 4 is 27.7 Å². The van der Waals surface area contributed by atoms with E-state index >= 15 is 0 Å². The van der Waals surface area contributed by atoms with Gasteiger partial charge in [0.1, 0.15) is 5.82 Å². The van der Waals surface area contributed by atoms with E-state index in [0.717, 1.165) is 28.8 Å². The second-order valence-corrected chi connectivity index (χ2v) is 5.93. The third-order valence-corrected chi connectivity index (χ3v) is 4.20. The van der Waals surface area contributed by atoms with Crippen LogP contribution in [0.2, 0.25) is 0 Å². The standard InChI is InChI=1S/C13H17BrN2O2/c1-8-3-10(13(17)18)7-16(6-8)12-4-9(2)11(14)5-15-12/h4-5,8,10H,3,6-7H2,1-2H3,(H,17,18). The monoisotopic (exact) mass is 312 g/mol. The van der Waals surface area contributed by atoms with Crippen LogP contribution >= 0.6 is 15.9 Å². The van der Waals surface area contributed by atoms with Gasteiger partial charge in [-0.15, -0.1) is 0 Å². The van der Waals surface area contributed by atoms with E-state index in [-0.39, 0.29) is 5.92 Å². The lowest BCUT2D eigenvalue weighted by Crippen LogP contribution is -2.42. The highest BCUT2D eigenvalue weighted by atomic mass is 79.9. The van der Waals surface area contributed by atoms with E-state index in [1.165, 1.54) is 0 Å². The molecule has 2 heterocycles. The van der Waals surface area contributed by atoms with Crippen molar-refractivity contribution in [2.24, 2.45) is 11.8 Å². The molecule has 2 rings (SSSR count). The number of carboxylic acid groups (broad SMARTS) is 1. The maximum Gasteiger partial charge on any atom is 0.308 e. The summed E-state index contributed by atoms with van der Waals surface area (Å²) >= 11 is 3.43. The van der Waals surface area contributed by atoms with Crippen molar-refractivity contribution < 1.29 is 9.90 Å². The molecule has 1 saturated heterocycles. The fourth-order valence-corrected chi connectivity index (χ4v) is 2.63. The molecule has 1 aliphatic rings. The molecule has 0 radical (unpaired) electrons. The van der Waals surface area contributed by atoms with Crippen LogP contribution in [0.25, 0.3) is 0 Å². The van der Waals surface area contributed by atoms with E-state index in [9.17, 15) is 4.79 Å².